The number of amides is 1. The molecule has 8 nitrogen and oxygen atoms in total. The van der Waals surface area contributed by atoms with E-state index in [4.69, 9.17) is 5.73 Å². The molecule has 1 aromatic heterocycles. The summed E-state index contributed by atoms with van der Waals surface area (Å²) in [4.78, 5) is 28.7. The van der Waals surface area contributed by atoms with E-state index in [0.29, 0.717) is 12.5 Å². The zero-order chi connectivity index (χ0) is 15.7. The predicted molar refractivity (Wildman–Crippen MR) is 83.7 cm³/mol. The first-order valence-corrected chi connectivity index (χ1v) is 7.72. The van der Waals surface area contributed by atoms with Gasteiger partial charge in [-0.1, -0.05) is 0 Å². The monoisotopic (exact) mass is 305 g/mol. The molecule has 0 radical (unpaired) electrons. The van der Waals surface area contributed by atoms with Crippen molar-refractivity contribution in [2.75, 3.05) is 44.4 Å². The number of fused-ring (bicyclic) bond motifs is 1. The molecule has 8 heteroatoms. The number of aromatic nitrogens is 3. The van der Waals surface area contributed by atoms with E-state index in [1.165, 1.54) is 12.8 Å². The van der Waals surface area contributed by atoms with Crippen LogP contribution in [0.4, 0.5) is 11.9 Å². The fourth-order valence-electron chi connectivity index (χ4n) is 3.52. The van der Waals surface area contributed by atoms with Gasteiger partial charge in [-0.2, -0.15) is 15.0 Å². The van der Waals surface area contributed by atoms with Crippen molar-refractivity contribution in [2.45, 2.75) is 31.2 Å². The third kappa shape index (κ3) is 2.70. The summed E-state index contributed by atoms with van der Waals surface area (Å²) < 4.78 is 0. The van der Waals surface area contributed by atoms with Crippen molar-refractivity contribution in [3.05, 3.63) is 5.82 Å². The van der Waals surface area contributed by atoms with E-state index in [-0.39, 0.29) is 23.2 Å². The second kappa shape index (κ2) is 5.68. The Hall–Kier alpha value is -1.96. The Morgan fingerprint density at radius 2 is 1.95 bits per heavy atom. The van der Waals surface area contributed by atoms with Crippen LogP contribution >= 0.6 is 0 Å². The topological polar surface area (TPSA) is 100 Å². The van der Waals surface area contributed by atoms with Gasteiger partial charge in [0.15, 0.2) is 0 Å². The van der Waals surface area contributed by atoms with Crippen molar-refractivity contribution in [1.82, 2.24) is 25.2 Å². The minimum Gasteiger partial charge on any atom is -0.368 e. The van der Waals surface area contributed by atoms with Crippen molar-refractivity contribution in [1.29, 1.82) is 0 Å². The molecule has 3 heterocycles. The maximum atomic E-state index is 12.4. The van der Waals surface area contributed by atoms with Gasteiger partial charge in [0.25, 0.3) is 5.91 Å². The van der Waals surface area contributed by atoms with Crippen molar-refractivity contribution < 1.29 is 4.79 Å². The van der Waals surface area contributed by atoms with E-state index >= 15 is 0 Å². The number of carbonyl (C=O) groups is 1. The molecule has 22 heavy (non-hydrogen) atoms. The smallest absolute Gasteiger partial charge is 0.289 e. The summed E-state index contributed by atoms with van der Waals surface area (Å²) in [5, 5.41) is 2.99. The summed E-state index contributed by atoms with van der Waals surface area (Å²) in [6.07, 6.45) is 4.71. The first kappa shape index (κ1) is 15.0. The Balaban J connectivity index is 1.70. The molecule has 3 N–H and O–H groups in total. The van der Waals surface area contributed by atoms with Crippen LogP contribution in [0.1, 0.15) is 36.3 Å². The number of nitrogens with one attached hydrogen (secondary N) is 1. The van der Waals surface area contributed by atoms with Gasteiger partial charge in [-0.25, -0.2) is 0 Å². The highest BCUT2D eigenvalue weighted by molar-refractivity contribution is 5.91. The summed E-state index contributed by atoms with van der Waals surface area (Å²) in [5.41, 5.74) is 5.80. The van der Waals surface area contributed by atoms with Crippen LogP contribution < -0.4 is 16.0 Å². The molecule has 1 aromatic rings. The third-order valence-electron chi connectivity index (χ3n) is 4.63. The fraction of sp³-hybridized carbons (Fsp3) is 0.714. The first-order valence-electron chi connectivity index (χ1n) is 7.72. The quantitative estimate of drug-likeness (QED) is 0.799. The molecule has 0 aromatic carbocycles. The molecule has 0 spiro atoms. The molecule has 2 aliphatic heterocycles. The number of hydrogen-bond acceptors (Lipinski definition) is 7. The summed E-state index contributed by atoms with van der Waals surface area (Å²) >= 11 is 0. The number of nitrogens with two attached hydrogens (primary N) is 1. The number of anilines is 2. The lowest BCUT2D eigenvalue weighted by atomic mass is 9.94. The number of hydrogen-bond donors (Lipinski definition) is 2. The van der Waals surface area contributed by atoms with Crippen molar-refractivity contribution in [3.63, 3.8) is 0 Å². The van der Waals surface area contributed by atoms with Gasteiger partial charge in [-0.3, -0.25) is 9.69 Å². The molecule has 0 saturated carbocycles. The van der Waals surface area contributed by atoms with Gasteiger partial charge in [0.05, 0.1) is 0 Å². The summed E-state index contributed by atoms with van der Waals surface area (Å²) in [6.45, 7) is 2.92. The van der Waals surface area contributed by atoms with Crippen LogP contribution in [0.2, 0.25) is 0 Å². The maximum Gasteiger partial charge on any atom is 0.289 e. The largest absolute Gasteiger partial charge is 0.368 e. The van der Waals surface area contributed by atoms with Crippen LogP contribution in [0.15, 0.2) is 0 Å². The van der Waals surface area contributed by atoms with Gasteiger partial charge >= 0.3 is 0 Å². The van der Waals surface area contributed by atoms with Crippen molar-refractivity contribution in [2.24, 2.45) is 0 Å². The van der Waals surface area contributed by atoms with E-state index in [2.05, 4.69) is 25.2 Å². The highest BCUT2D eigenvalue weighted by atomic mass is 16.2. The molecule has 2 fully saturated rings. The molecule has 0 atom stereocenters. The lowest BCUT2D eigenvalue weighted by Crippen LogP contribution is -2.48. The lowest BCUT2D eigenvalue weighted by molar-refractivity contribution is 0.0909. The molecule has 2 saturated heterocycles. The highest BCUT2D eigenvalue weighted by Gasteiger charge is 2.44. The molecule has 3 rings (SSSR count). The number of carbonyl (C=O) groups excluding carboxylic acids is 1. The first-order chi connectivity index (χ1) is 10.5. The number of nitrogens with zero attached hydrogens (tertiary/aromatic N) is 5. The van der Waals surface area contributed by atoms with Gasteiger partial charge in [0, 0.05) is 26.2 Å². The average Bonchev–Trinajstić information content (AvgIpc) is 3.03. The van der Waals surface area contributed by atoms with Gasteiger partial charge in [0.1, 0.15) is 0 Å². The predicted octanol–water partition coefficient (Wildman–Crippen LogP) is -0.122. The lowest BCUT2D eigenvalue weighted by Gasteiger charge is -2.32. The fourth-order valence-corrected chi connectivity index (χ4v) is 3.52. The van der Waals surface area contributed by atoms with E-state index in [1.807, 2.05) is 0 Å². The van der Waals surface area contributed by atoms with E-state index < -0.39 is 0 Å². The molecule has 1 amide bonds. The summed E-state index contributed by atoms with van der Waals surface area (Å²) in [6, 6.07) is 0. The van der Waals surface area contributed by atoms with Crippen LogP contribution in [-0.2, 0) is 0 Å². The maximum absolute atomic E-state index is 12.4. The number of rotatable bonds is 4. The summed E-state index contributed by atoms with van der Waals surface area (Å²) in [7, 11) is 3.59. The standard InChI is InChI=1S/C14H23N7O/c1-20(2)13-18-10(17-12(15)19-13)11(22)16-9-14-5-3-7-21(14)8-4-6-14/h3-9H2,1-2H3,(H,16,22)(H2,15,17,18,19). The van der Waals surface area contributed by atoms with Crippen LogP contribution in [0.5, 0.6) is 0 Å². The van der Waals surface area contributed by atoms with E-state index in [9.17, 15) is 4.79 Å². The summed E-state index contributed by atoms with van der Waals surface area (Å²) in [5.74, 6) is 0.241. The second-order valence-corrected chi connectivity index (χ2v) is 6.31. The van der Waals surface area contributed by atoms with E-state index in [1.54, 1.807) is 19.0 Å². The van der Waals surface area contributed by atoms with Gasteiger partial charge in [0.2, 0.25) is 17.7 Å². The Kier molecular flexibility index (Phi) is 3.86. The normalized spacial score (nSPS) is 19.9. The Morgan fingerprint density at radius 3 is 2.59 bits per heavy atom. The molecular formula is C14H23N7O. The Bertz CT molecular complexity index is 564. The van der Waals surface area contributed by atoms with Gasteiger partial charge in [-0.15, -0.1) is 0 Å². The molecule has 0 bridgehead atoms. The SMILES string of the molecule is CN(C)c1nc(N)nc(C(=O)NCC23CCCN2CCC3)n1. The zero-order valence-corrected chi connectivity index (χ0v) is 13.2. The van der Waals surface area contributed by atoms with Crippen molar-refractivity contribution in [3.8, 4) is 0 Å². The number of nitrogen functional groups attached to an aromatic ring is 1. The molecule has 0 aliphatic carbocycles. The minimum absolute atomic E-state index is 0.0605. The minimum atomic E-state index is -0.287. The average molecular weight is 305 g/mol. The van der Waals surface area contributed by atoms with Crippen LogP contribution in [0.3, 0.4) is 0 Å². The van der Waals surface area contributed by atoms with Gasteiger partial charge < -0.3 is 16.0 Å². The van der Waals surface area contributed by atoms with Crippen LogP contribution in [0, 0.1) is 0 Å². The van der Waals surface area contributed by atoms with Crippen molar-refractivity contribution >= 4 is 17.8 Å². The van der Waals surface area contributed by atoms with Crippen LogP contribution in [0.25, 0.3) is 0 Å². The molecular weight excluding hydrogens is 282 g/mol. The second-order valence-electron chi connectivity index (χ2n) is 6.31. The highest BCUT2D eigenvalue weighted by Crippen LogP contribution is 2.38. The Labute approximate surface area is 130 Å². The molecule has 2 aliphatic rings. The Morgan fingerprint density at radius 1 is 1.27 bits per heavy atom. The third-order valence-corrected chi connectivity index (χ3v) is 4.63. The zero-order valence-electron chi connectivity index (χ0n) is 13.2. The molecule has 120 valence electrons. The molecule has 0 unspecified atom stereocenters. The van der Waals surface area contributed by atoms with E-state index in [0.717, 1.165) is 25.9 Å². The van der Waals surface area contributed by atoms with Gasteiger partial charge in [-0.05, 0) is 38.8 Å². The van der Waals surface area contributed by atoms with Crippen LogP contribution in [-0.4, -0.2) is 65.0 Å².